The summed E-state index contributed by atoms with van der Waals surface area (Å²) in [7, 11) is -11.3. The fraction of sp³-hybridized carbons (Fsp3) is 0.196. The van der Waals surface area contributed by atoms with Crippen LogP contribution in [0.2, 0.25) is 0 Å². The van der Waals surface area contributed by atoms with E-state index in [9.17, 15) is 30.0 Å². The Morgan fingerprint density at radius 3 is 1.29 bits per heavy atom. The topological polar surface area (TPSA) is 175 Å². The van der Waals surface area contributed by atoms with Gasteiger partial charge in [-0.25, -0.2) is 0 Å². The molecule has 2 aliphatic rings. The highest BCUT2D eigenvalue weighted by Crippen LogP contribution is 2.60. The fourth-order valence-electron chi connectivity index (χ4n) is 7.53. The van der Waals surface area contributed by atoms with Gasteiger partial charge in [0.2, 0.25) is 0 Å². The van der Waals surface area contributed by atoms with E-state index in [0.29, 0.717) is 16.7 Å². The van der Waals surface area contributed by atoms with E-state index in [1.54, 1.807) is 66.7 Å². The van der Waals surface area contributed by atoms with Gasteiger partial charge in [-0.05, 0) is 105 Å². The van der Waals surface area contributed by atoms with Crippen molar-refractivity contribution in [3.8, 4) is 23.0 Å². The van der Waals surface area contributed by atoms with Crippen molar-refractivity contribution in [1.82, 2.24) is 0 Å². The SMILES string of the molecule is COC(=O)[C@H]1[C@@H]2[C@@H](c3ccc(OS(=O)(=O)c4ccc(C)cc4)cc3)Oc3cc(OS(=O)(=O)c4ccc(C)cc4)ccc3[C@@H]2O[C@@H]1c1ccc(OS(=O)(=O)c2ccc(C)cc2)cc1. The number of carbonyl (C=O) groups excluding carboxylic acids is 1. The molecule has 5 atom stereocenters. The van der Waals surface area contributed by atoms with Crippen molar-refractivity contribution in [3.63, 3.8) is 0 Å². The number of benzene rings is 6. The molecule has 1 saturated heterocycles. The van der Waals surface area contributed by atoms with Gasteiger partial charge in [-0.3, -0.25) is 4.79 Å². The van der Waals surface area contributed by atoms with Crippen molar-refractivity contribution in [1.29, 1.82) is 0 Å². The largest absolute Gasteiger partial charge is 0.485 e. The predicted molar refractivity (Wildman–Crippen MR) is 225 cm³/mol. The standard InChI is InChI=1S/C46H40O13S3/c1-28-5-20-36(21-6-28)60(48,49)57-33-15-11-31(12-16-33)43-41-42(46(47)54-4)44(32-13-17-34(18-14-32)58-61(50,51)37-22-7-29(2)8-23-37)56-45(41)39-26-19-35(27-40(39)55-43)59-62(52,53)38-24-9-30(3)10-25-38/h5-27,41-45H,1-4H3/t41-,42+,43-,44-,45+/m1/s1. The molecule has 0 N–H and O–H groups in total. The number of ether oxygens (including phenoxy) is 3. The smallest absolute Gasteiger partial charge is 0.339 e. The van der Waals surface area contributed by atoms with Crippen molar-refractivity contribution < 1.29 is 56.8 Å². The molecular formula is C46H40O13S3. The minimum absolute atomic E-state index is 0.0142. The van der Waals surface area contributed by atoms with Crippen LogP contribution in [0.25, 0.3) is 0 Å². The molecule has 2 aliphatic heterocycles. The van der Waals surface area contributed by atoms with Crippen molar-refractivity contribution in [2.75, 3.05) is 7.11 Å². The Bertz CT molecular complexity index is 2950. The quantitative estimate of drug-likeness (QED) is 0.0849. The van der Waals surface area contributed by atoms with Crippen molar-refractivity contribution in [2.24, 2.45) is 11.8 Å². The van der Waals surface area contributed by atoms with E-state index < -0.39 is 66.5 Å². The van der Waals surface area contributed by atoms with Gasteiger partial charge in [0.1, 0.15) is 43.8 Å². The first-order valence-corrected chi connectivity index (χ1v) is 23.5. The zero-order chi connectivity index (χ0) is 44.0. The van der Waals surface area contributed by atoms with Crippen LogP contribution in [-0.4, -0.2) is 38.3 Å². The molecule has 2 heterocycles. The molecule has 0 aromatic heterocycles. The summed E-state index contributed by atoms with van der Waals surface area (Å²) in [6.45, 7) is 5.51. The van der Waals surface area contributed by atoms with Gasteiger partial charge in [-0.15, -0.1) is 0 Å². The Morgan fingerprint density at radius 2 is 0.871 bits per heavy atom. The maximum absolute atomic E-state index is 13.9. The van der Waals surface area contributed by atoms with Crippen LogP contribution in [0.4, 0.5) is 0 Å². The fourth-order valence-corrected chi connectivity index (χ4v) is 10.3. The lowest BCUT2D eigenvalue weighted by molar-refractivity contribution is -0.149. The minimum atomic E-state index is -4.24. The number of carbonyl (C=O) groups is 1. The minimum Gasteiger partial charge on any atom is -0.485 e. The molecule has 13 nitrogen and oxygen atoms in total. The zero-order valence-electron chi connectivity index (χ0n) is 33.7. The van der Waals surface area contributed by atoms with Crippen LogP contribution in [-0.2, 0) is 44.6 Å². The molecule has 0 amide bonds. The maximum atomic E-state index is 13.9. The van der Waals surface area contributed by atoms with Gasteiger partial charge in [0.15, 0.2) is 0 Å². The number of esters is 1. The first kappa shape index (κ1) is 42.5. The Morgan fingerprint density at radius 1 is 0.484 bits per heavy atom. The molecule has 1 fully saturated rings. The van der Waals surface area contributed by atoms with E-state index in [1.165, 1.54) is 79.9 Å². The molecule has 0 radical (unpaired) electrons. The normalized spacial score (nSPS) is 19.6. The molecule has 16 heteroatoms. The predicted octanol–water partition coefficient (Wildman–Crippen LogP) is 8.27. The van der Waals surface area contributed by atoms with Crippen LogP contribution < -0.4 is 17.3 Å². The molecule has 320 valence electrons. The first-order valence-electron chi connectivity index (χ1n) is 19.3. The average Bonchev–Trinajstić information content (AvgIpc) is 3.65. The Hall–Kier alpha value is -6.20. The van der Waals surface area contributed by atoms with Crippen LogP contribution >= 0.6 is 0 Å². The van der Waals surface area contributed by atoms with Crippen molar-refractivity contribution in [2.45, 2.75) is 53.8 Å². The van der Waals surface area contributed by atoms with Crippen LogP contribution in [0, 0.1) is 32.6 Å². The lowest BCUT2D eigenvalue weighted by atomic mass is 9.75. The molecule has 0 aliphatic carbocycles. The van der Waals surface area contributed by atoms with E-state index in [-0.39, 0.29) is 37.7 Å². The van der Waals surface area contributed by atoms with E-state index in [1.807, 2.05) is 20.8 Å². The lowest BCUT2D eigenvalue weighted by Gasteiger charge is -2.37. The van der Waals surface area contributed by atoms with E-state index in [2.05, 4.69) is 0 Å². The highest BCUT2D eigenvalue weighted by Gasteiger charge is 2.57. The highest BCUT2D eigenvalue weighted by molar-refractivity contribution is 7.87. The number of fused-ring (bicyclic) bond motifs is 3. The van der Waals surface area contributed by atoms with E-state index in [4.69, 9.17) is 26.8 Å². The second kappa shape index (κ2) is 16.6. The first-order chi connectivity index (χ1) is 29.5. The summed E-state index contributed by atoms with van der Waals surface area (Å²) in [5.41, 5.74) is 4.14. The molecule has 6 aromatic carbocycles. The highest BCUT2D eigenvalue weighted by atomic mass is 32.2. The van der Waals surface area contributed by atoms with Crippen molar-refractivity contribution >= 4 is 36.3 Å². The second-order valence-corrected chi connectivity index (χ2v) is 19.7. The molecular weight excluding hydrogens is 857 g/mol. The zero-order valence-corrected chi connectivity index (χ0v) is 36.1. The molecule has 0 bridgehead atoms. The molecule has 0 unspecified atom stereocenters. The summed E-state index contributed by atoms with van der Waals surface area (Å²) in [5, 5.41) is 0. The summed E-state index contributed by atoms with van der Waals surface area (Å²) in [6, 6.07) is 35.5. The van der Waals surface area contributed by atoms with Gasteiger partial charge >= 0.3 is 36.3 Å². The van der Waals surface area contributed by atoms with Crippen LogP contribution in [0.15, 0.2) is 154 Å². The van der Waals surface area contributed by atoms with Gasteiger partial charge in [0.05, 0.1) is 25.2 Å². The summed E-state index contributed by atoms with van der Waals surface area (Å²) in [4.78, 5) is 13.8. The Labute approximate surface area is 360 Å². The third kappa shape index (κ3) is 8.63. The summed E-state index contributed by atoms with van der Waals surface area (Å²) < 4.78 is 114. The summed E-state index contributed by atoms with van der Waals surface area (Å²) in [5.74, 6) is -2.14. The van der Waals surface area contributed by atoms with E-state index >= 15 is 0 Å². The van der Waals surface area contributed by atoms with Crippen molar-refractivity contribution in [3.05, 3.63) is 173 Å². The summed E-state index contributed by atoms with van der Waals surface area (Å²) >= 11 is 0. The molecule has 0 spiro atoms. The van der Waals surface area contributed by atoms with Gasteiger partial charge in [-0.1, -0.05) is 77.4 Å². The average molecular weight is 897 g/mol. The van der Waals surface area contributed by atoms with Crippen LogP contribution in [0.1, 0.15) is 51.7 Å². The van der Waals surface area contributed by atoms with Gasteiger partial charge in [0.25, 0.3) is 0 Å². The van der Waals surface area contributed by atoms with Crippen LogP contribution in [0.5, 0.6) is 23.0 Å². The second-order valence-electron chi connectivity index (χ2n) is 15.0. The molecule has 6 aromatic rings. The van der Waals surface area contributed by atoms with E-state index in [0.717, 1.165) is 16.7 Å². The maximum Gasteiger partial charge on any atom is 0.339 e. The number of aryl methyl sites for hydroxylation is 3. The number of hydrogen-bond acceptors (Lipinski definition) is 13. The monoisotopic (exact) mass is 896 g/mol. The van der Waals surface area contributed by atoms with Gasteiger partial charge in [-0.2, -0.15) is 25.3 Å². The molecule has 0 saturated carbocycles. The molecule has 8 rings (SSSR count). The lowest BCUT2D eigenvalue weighted by Crippen LogP contribution is -2.35. The Balaban J connectivity index is 1.14. The Kier molecular flexibility index (Phi) is 11.4. The number of rotatable bonds is 12. The third-order valence-corrected chi connectivity index (χ3v) is 14.5. The van der Waals surface area contributed by atoms with Gasteiger partial charge < -0.3 is 26.8 Å². The summed E-state index contributed by atoms with van der Waals surface area (Å²) in [6.07, 6.45) is -2.73. The van der Waals surface area contributed by atoms with Gasteiger partial charge in [0, 0.05) is 17.5 Å². The number of hydrogen-bond donors (Lipinski definition) is 0. The van der Waals surface area contributed by atoms with Crippen LogP contribution in [0.3, 0.4) is 0 Å². The molecule has 62 heavy (non-hydrogen) atoms. The third-order valence-electron chi connectivity index (χ3n) is 10.7. The number of methoxy groups -OCH3 is 1.